The van der Waals surface area contributed by atoms with Crippen molar-refractivity contribution >= 4 is 22.8 Å². The summed E-state index contributed by atoms with van der Waals surface area (Å²) in [6.07, 6.45) is 3.63. The molecular formula is C24H30N4O2. The minimum atomic E-state index is 0.0728. The molecule has 0 spiro atoms. The van der Waals surface area contributed by atoms with Gasteiger partial charge in [0, 0.05) is 31.1 Å². The summed E-state index contributed by atoms with van der Waals surface area (Å²) in [5, 5.41) is 4.13. The summed E-state index contributed by atoms with van der Waals surface area (Å²) in [6, 6.07) is 10.4. The number of piperidine rings is 1. The van der Waals surface area contributed by atoms with Gasteiger partial charge < -0.3 is 14.6 Å². The molecular weight excluding hydrogens is 376 g/mol. The minimum Gasteiger partial charge on any atom is -0.443 e. The lowest BCUT2D eigenvalue weighted by molar-refractivity contribution is -0.125. The van der Waals surface area contributed by atoms with Crippen molar-refractivity contribution in [3.63, 3.8) is 0 Å². The van der Waals surface area contributed by atoms with E-state index in [4.69, 9.17) is 9.40 Å². The molecule has 1 N–H and O–H groups in total. The number of carbonyl (C=O) groups excluding carboxylic acids is 1. The highest BCUT2D eigenvalue weighted by molar-refractivity contribution is 5.90. The van der Waals surface area contributed by atoms with Crippen LogP contribution in [0.2, 0.25) is 0 Å². The zero-order chi connectivity index (χ0) is 21.1. The van der Waals surface area contributed by atoms with Crippen molar-refractivity contribution < 1.29 is 9.21 Å². The third kappa shape index (κ3) is 4.32. The van der Waals surface area contributed by atoms with E-state index >= 15 is 0 Å². The van der Waals surface area contributed by atoms with Crippen LogP contribution < -0.4 is 10.2 Å². The normalized spacial score (nSPS) is 15.0. The maximum atomic E-state index is 12.6. The van der Waals surface area contributed by atoms with Crippen molar-refractivity contribution in [1.82, 2.24) is 15.3 Å². The summed E-state index contributed by atoms with van der Waals surface area (Å²) in [5.41, 5.74) is 3.07. The van der Waals surface area contributed by atoms with Gasteiger partial charge in [-0.2, -0.15) is 4.98 Å². The fourth-order valence-electron chi connectivity index (χ4n) is 4.21. The smallest absolute Gasteiger partial charge is 0.231 e. The lowest BCUT2D eigenvalue weighted by atomic mass is 9.95. The second kappa shape index (κ2) is 8.86. The molecule has 0 unspecified atom stereocenters. The van der Waals surface area contributed by atoms with Crippen LogP contribution in [-0.4, -0.2) is 35.5 Å². The number of aryl methyl sites for hydroxylation is 4. The number of furan rings is 1. The first-order valence-electron chi connectivity index (χ1n) is 10.8. The van der Waals surface area contributed by atoms with Gasteiger partial charge in [-0.05, 0) is 52.0 Å². The molecule has 0 radical (unpaired) electrons. The molecule has 158 valence electrons. The molecule has 30 heavy (non-hydrogen) atoms. The molecule has 1 aliphatic rings. The Kier molecular flexibility index (Phi) is 6.02. The number of fused-ring (bicyclic) bond motifs is 1. The molecule has 3 heterocycles. The number of nitrogens with one attached hydrogen (secondary N) is 1. The second-order valence-electron chi connectivity index (χ2n) is 8.20. The molecule has 1 aromatic carbocycles. The fourth-order valence-corrected chi connectivity index (χ4v) is 4.21. The van der Waals surface area contributed by atoms with Crippen molar-refractivity contribution in [1.29, 1.82) is 0 Å². The Bertz CT molecular complexity index is 1020. The Labute approximate surface area is 177 Å². The van der Waals surface area contributed by atoms with Gasteiger partial charge in [0.1, 0.15) is 17.4 Å². The maximum Gasteiger partial charge on any atom is 0.231 e. The Balaban J connectivity index is 1.32. The largest absolute Gasteiger partial charge is 0.443 e. The van der Waals surface area contributed by atoms with Crippen molar-refractivity contribution in [2.45, 2.75) is 46.5 Å². The summed E-state index contributed by atoms with van der Waals surface area (Å²) >= 11 is 0. The van der Waals surface area contributed by atoms with Crippen LogP contribution in [0.3, 0.4) is 0 Å². The number of amides is 1. The van der Waals surface area contributed by atoms with E-state index in [2.05, 4.69) is 46.4 Å². The summed E-state index contributed by atoms with van der Waals surface area (Å²) < 4.78 is 5.82. The average Bonchev–Trinajstić information content (AvgIpc) is 3.04. The second-order valence-corrected chi connectivity index (χ2v) is 8.20. The molecule has 0 saturated carbocycles. The molecule has 0 aliphatic carbocycles. The standard InChI is InChI=1S/C24H30N4O2/c1-16-17(2)30-24-21(16)22(26-18(3)27-24)28-14-11-20(12-15-28)23(29)25-13-7-10-19-8-5-4-6-9-19/h4-6,8-9,20H,7,10-15H2,1-3H3,(H,25,29). The summed E-state index contributed by atoms with van der Waals surface area (Å²) in [5.74, 6) is 2.79. The molecule has 2 aromatic heterocycles. The molecule has 0 bridgehead atoms. The van der Waals surface area contributed by atoms with Gasteiger partial charge in [0.15, 0.2) is 0 Å². The highest BCUT2D eigenvalue weighted by atomic mass is 16.3. The van der Waals surface area contributed by atoms with Crippen LogP contribution in [0.15, 0.2) is 34.7 Å². The van der Waals surface area contributed by atoms with Crippen LogP contribution in [0.1, 0.15) is 42.0 Å². The summed E-state index contributed by atoms with van der Waals surface area (Å²) in [4.78, 5) is 24.0. The minimum absolute atomic E-state index is 0.0728. The van der Waals surface area contributed by atoms with Crippen LogP contribution in [0, 0.1) is 26.7 Å². The van der Waals surface area contributed by atoms with Gasteiger partial charge in [0.2, 0.25) is 11.6 Å². The first-order chi connectivity index (χ1) is 14.5. The number of rotatable bonds is 6. The van der Waals surface area contributed by atoms with Crippen molar-refractivity contribution in [3.05, 3.63) is 53.0 Å². The molecule has 1 saturated heterocycles. The Morgan fingerprint density at radius 1 is 1.13 bits per heavy atom. The fraction of sp³-hybridized carbons (Fsp3) is 0.458. The van der Waals surface area contributed by atoms with Gasteiger partial charge >= 0.3 is 0 Å². The zero-order valence-electron chi connectivity index (χ0n) is 18.1. The van der Waals surface area contributed by atoms with E-state index in [1.54, 1.807) is 0 Å². The SMILES string of the molecule is Cc1nc(N2CCC(C(=O)NCCCc3ccccc3)CC2)c2c(C)c(C)oc2n1. The van der Waals surface area contributed by atoms with E-state index in [0.29, 0.717) is 11.5 Å². The molecule has 3 aromatic rings. The maximum absolute atomic E-state index is 12.6. The van der Waals surface area contributed by atoms with Gasteiger partial charge in [0.25, 0.3) is 0 Å². The van der Waals surface area contributed by atoms with Gasteiger partial charge in [0.05, 0.1) is 5.39 Å². The van der Waals surface area contributed by atoms with Crippen molar-refractivity contribution in [2.75, 3.05) is 24.5 Å². The highest BCUT2D eigenvalue weighted by Gasteiger charge is 2.27. The predicted octanol–water partition coefficient (Wildman–Crippen LogP) is 4.11. The van der Waals surface area contributed by atoms with Gasteiger partial charge in [-0.1, -0.05) is 30.3 Å². The first-order valence-corrected chi connectivity index (χ1v) is 10.8. The molecule has 6 heteroatoms. The Morgan fingerprint density at radius 3 is 2.60 bits per heavy atom. The van der Waals surface area contributed by atoms with Crippen LogP contribution in [-0.2, 0) is 11.2 Å². The average molecular weight is 407 g/mol. The number of hydrogen-bond acceptors (Lipinski definition) is 5. The van der Waals surface area contributed by atoms with Crippen LogP contribution in [0.4, 0.5) is 5.82 Å². The first kappa shape index (κ1) is 20.4. The van der Waals surface area contributed by atoms with E-state index in [1.165, 1.54) is 5.56 Å². The number of nitrogens with zero attached hydrogens (tertiary/aromatic N) is 3. The number of anilines is 1. The zero-order valence-corrected chi connectivity index (χ0v) is 18.1. The number of benzene rings is 1. The Morgan fingerprint density at radius 2 is 1.87 bits per heavy atom. The molecule has 1 fully saturated rings. The van der Waals surface area contributed by atoms with E-state index in [1.807, 2.05) is 19.9 Å². The summed E-state index contributed by atoms with van der Waals surface area (Å²) in [6.45, 7) is 8.27. The van der Waals surface area contributed by atoms with E-state index in [9.17, 15) is 4.79 Å². The molecule has 1 aliphatic heterocycles. The van der Waals surface area contributed by atoms with Gasteiger partial charge in [-0.25, -0.2) is 4.98 Å². The van der Waals surface area contributed by atoms with Crippen molar-refractivity contribution in [3.8, 4) is 0 Å². The number of hydrogen-bond donors (Lipinski definition) is 1. The number of carbonyl (C=O) groups is 1. The summed E-state index contributed by atoms with van der Waals surface area (Å²) in [7, 11) is 0. The van der Waals surface area contributed by atoms with E-state index < -0.39 is 0 Å². The van der Waals surface area contributed by atoms with E-state index in [0.717, 1.165) is 67.8 Å². The lowest BCUT2D eigenvalue weighted by Crippen LogP contribution is -2.41. The molecule has 0 atom stereocenters. The van der Waals surface area contributed by atoms with Crippen LogP contribution in [0.5, 0.6) is 0 Å². The van der Waals surface area contributed by atoms with Crippen LogP contribution >= 0.6 is 0 Å². The lowest BCUT2D eigenvalue weighted by Gasteiger charge is -2.32. The van der Waals surface area contributed by atoms with Crippen LogP contribution in [0.25, 0.3) is 11.1 Å². The quantitative estimate of drug-likeness (QED) is 0.624. The van der Waals surface area contributed by atoms with Crippen molar-refractivity contribution in [2.24, 2.45) is 5.92 Å². The number of aromatic nitrogens is 2. The third-order valence-electron chi connectivity index (χ3n) is 6.07. The molecule has 4 rings (SSSR count). The molecule has 6 nitrogen and oxygen atoms in total. The topological polar surface area (TPSA) is 71.3 Å². The highest BCUT2D eigenvalue weighted by Crippen LogP contribution is 2.33. The van der Waals surface area contributed by atoms with Gasteiger partial charge in [-0.3, -0.25) is 4.79 Å². The van der Waals surface area contributed by atoms with E-state index in [-0.39, 0.29) is 11.8 Å². The van der Waals surface area contributed by atoms with Gasteiger partial charge in [-0.15, -0.1) is 0 Å². The molecule has 1 amide bonds. The monoisotopic (exact) mass is 406 g/mol. The predicted molar refractivity (Wildman–Crippen MR) is 119 cm³/mol. The Hall–Kier alpha value is -2.89. The third-order valence-corrected chi connectivity index (χ3v) is 6.07.